The summed E-state index contributed by atoms with van der Waals surface area (Å²) in [6.07, 6.45) is 0.631. The predicted octanol–water partition coefficient (Wildman–Crippen LogP) is 2.87. The normalized spacial score (nSPS) is 14.3. The number of rotatable bonds is 7. The van der Waals surface area contributed by atoms with E-state index in [1.165, 1.54) is 24.3 Å². The lowest BCUT2D eigenvalue weighted by molar-refractivity contribution is 0.0535. The van der Waals surface area contributed by atoms with E-state index in [2.05, 4.69) is 4.72 Å². The van der Waals surface area contributed by atoms with E-state index in [4.69, 9.17) is 0 Å². The topological polar surface area (TPSA) is 86.8 Å². The van der Waals surface area contributed by atoms with Gasteiger partial charge in [-0.3, -0.25) is 9.59 Å². The third kappa shape index (κ3) is 5.68. The van der Waals surface area contributed by atoms with E-state index < -0.39 is 10.0 Å². The van der Waals surface area contributed by atoms with Gasteiger partial charge in [0.1, 0.15) is 0 Å². The first kappa shape index (κ1) is 23.2. The van der Waals surface area contributed by atoms with Crippen molar-refractivity contribution in [3.05, 3.63) is 88.1 Å². The maximum Gasteiger partial charge on any atom is 0.253 e. The van der Waals surface area contributed by atoms with E-state index in [9.17, 15) is 18.0 Å². The van der Waals surface area contributed by atoms with Gasteiger partial charge >= 0.3 is 0 Å². The molecule has 1 saturated heterocycles. The van der Waals surface area contributed by atoms with Gasteiger partial charge in [-0.25, -0.2) is 13.1 Å². The molecule has 1 N–H and O–H groups in total. The second-order valence-electron chi connectivity index (χ2n) is 7.70. The molecule has 33 heavy (non-hydrogen) atoms. The Hall–Kier alpha value is -3.01. The van der Waals surface area contributed by atoms with Crippen molar-refractivity contribution in [2.45, 2.75) is 11.3 Å². The maximum atomic E-state index is 12.9. The number of carbonyl (C=O) groups is 2. The highest BCUT2D eigenvalue weighted by Gasteiger charge is 2.25. The lowest BCUT2D eigenvalue weighted by Crippen LogP contribution is -2.50. The van der Waals surface area contributed by atoms with E-state index in [0.29, 0.717) is 50.3 Å². The molecule has 0 atom stereocenters. The monoisotopic (exact) mass is 483 g/mol. The van der Waals surface area contributed by atoms with Gasteiger partial charge in [-0.05, 0) is 54.3 Å². The van der Waals surface area contributed by atoms with Crippen LogP contribution >= 0.6 is 11.3 Å². The third-order valence-corrected chi connectivity index (χ3v) is 7.94. The Morgan fingerprint density at radius 3 is 1.91 bits per heavy atom. The second-order valence-corrected chi connectivity index (χ2v) is 10.5. The summed E-state index contributed by atoms with van der Waals surface area (Å²) in [4.78, 5) is 30.1. The molecule has 172 valence electrons. The minimum Gasteiger partial charge on any atom is -0.335 e. The number of amides is 2. The largest absolute Gasteiger partial charge is 0.335 e. The van der Waals surface area contributed by atoms with Crippen molar-refractivity contribution in [3.8, 4) is 0 Å². The Morgan fingerprint density at radius 2 is 1.36 bits per heavy atom. The van der Waals surface area contributed by atoms with Gasteiger partial charge in [0, 0.05) is 48.7 Å². The Balaban J connectivity index is 1.31. The second kappa shape index (κ2) is 10.3. The van der Waals surface area contributed by atoms with Gasteiger partial charge < -0.3 is 9.80 Å². The van der Waals surface area contributed by atoms with Crippen LogP contribution in [0.25, 0.3) is 0 Å². The summed E-state index contributed by atoms with van der Waals surface area (Å²) in [5, 5.41) is 1.96. The van der Waals surface area contributed by atoms with Gasteiger partial charge in [0.2, 0.25) is 10.0 Å². The van der Waals surface area contributed by atoms with E-state index in [-0.39, 0.29) is 16.7 Å². The quantitative estimate of drug-likeness (QED) is 0.560. The molecule has 3 aromatic rings. The zero-order valence-electron chi connectivity index (χ0n) is 18.0. The molecule has 1 aromatic heterocycles. The number of nitrogens with one attached hydrogen (secondary N) is 1. The van der Waals surface area contributed by atoms with Crippen LogP contribution < -0.4 is 4.72 Å². The number of piperazine rings is 1. The molecule has 0 unspecified atom stereocenters. The van der Waals surface area contributed by atoms with Gasteiger partial charge in [-0.1, -0.05) is 24.3 Å². The Bertz CT molecular complexity index is 1190. The lowest BCUT2D eigenvalue weighted by atomic mass is 10.1. The Labute approximate surface area is 197 Å². The average molecular weight is 484 g/mol. The molecule has 4 rings (SSSR count). The Morgan fingerprint density at radius 1 is 0.788 bits per heavy atom. The molecule has 1 aliphatic rings. The summed E-state index contributed by atoms with van der Waals surface area (Å²) in [6.45, 7) is 2.10. The summed E-state index contributed by atoms with van der Waals surface area (Å²) in [6, 6.07) is 19.0. The summed E-state index contributed by atoms with van der Waals surface area (Å²) in [7, 11) is -3.64. The molecule has 0 aliphatic carbocycles. The van der Waals surface area contributed by atoms with Crippen molar-refractivity contribution >= 4 is 33.2 Å². The molecule has 7 nitrogen and oxygen atoms in total. The minimum atomic E-state index is -3.64. The van der Waals surface area contributed by atoms with Crippen molar-refractivity contribution in [2.24, 2.45) is 0 Å². The van der Waals surface area contributed by atoms with Crippen LogP contribution in [-0.2, 0) is 16.4 Å². The molecule has 2 heterocycles. The van der Waals surface area contributed by atoms with Crippen LogP contribution in [0.15, 0.2) is 77.0 Å². The molecule has 1 aliphatic heterocycles. The van der Waals surface area contributed by atoms with Crippen molar-refractivity contribution in [1.82, 2.24) is 14.5 Å². The number of hydrogen-bond acceptors (Lipinski definition) is 5. The highest BCUT2D eigenvalue weighted by molar-refractivity contribution is 7.89. The van der Waals surface area contributed by atoms with E-state index in [0.717, 1.165) is 4.88 Å². The molecule has 2 aromatic carbocycles. The van der Waals surface area contributed by atoms with Crippen molar-refractivity contribution in [1.29, 1.82) is 0 Å². The first-order valence-corrected chi connectivity index (χ1v) is 13.1. The molecule has 0 radical (unpaired) electrons. The van der Waals surface area contributed by atoms with Gasteiger partial charge in [-0.2, -0.15) is 0 Å². The van der Waals surface area contributed by atoms with Crippen molar-refractivity contribution in [2.75, 3.05) is 32.7 Å². The standard InChI is InChI=1S/C24H25N3O4S2/c28-23(19-5-2-1-3-6-19)26-14-16-27(17-15-26)24(29)20-8-10-22(11-9-20)33(30,31)25-13-12-21-7-4-18-32-21/h1-11,18,25H,12-17H2. The highest BCUT2D eigenvalue weighted by Crippen LogP contribution is 2.15. The number of nitrogens with zero attached hydrogens (tertiary/aromatic N) is 2. The Kier molecular flexibility index (Phi) is 7.22. The molecule has 0 bridgehead atoms. The predicted molar refractivity (Wildman–Crippen MR) is 128 cm³/mol. The van der Waals surface area contributed by atoms with Crippen LogP contribution in [0.4, 0.5) is 0 Å². The van der Waals surface area contributed by atoms with Gasteiger partial charge in [0.15, 0.2) is 0 Å². The third-order valence-electron chi connectivity index (χ3n) is 5.53. The summed E-state index contributed by atoms with van der Waals surface area (Å²) in [5.41, 5.74) is 1.06. The molecule has 0 spiro atoms. The van der Waals surface area contributed by atoms with Crippen LogP contribution in [0.3, 0.4) is 0 Å². The number of carbonyl (C=O) groups excluding carboxylic acids is 2. The lowest BCUT2D eigenvalue weighted by Gasteiger charge is -2.35. The highest BCUT2D eigenvalue weighted by atomic mass is 32.2. The number of thiophene rings is 1. The first-order chi connectivity index (χ1) is 15.9. The summed E-state index contributed by atoms with van der Waals surface area (Å²) < 4.78 is 27.6. The van der Waals surface area contributed by atoms with Crippen molar-refractivity contribution < 1.29 is 18.0 Å². The summed E-state index contributed by atoms with van der Waals surface area (Å²) in [5.74, 6) is -0.208. The molecule has 9 heteroatoms. The van der Waals surface area contributed by atoms with E-state index in [1.54, 1.807) is 33.3 Å². The van der Waals surface area contributed by atoms with Crippen molar-refractivity contribution in [3.63, 3.8) is 0 Å². The van der Waals surface area contributed by atoms with Crippen LogP contribution in [0.5, 0.6) is 0 Å². The molecular formula is C24H25N3O4S2. The molecular weight excluding hydrogens is 458 g/mol. The number of hydrogen-bond donors (Lipinski definition) is 1. The number of sulfonamides is 1. The van der Waals surface area contributed by atoms with Gasteiger partial charge in [0.05, 0.1) is 4.90 Å². The van der Waals surface area contributed by atoms with E-state index >= 15 is 0 Å². The maximum absolute atomic E-state index is 12.9. The minimum absolute atomic E-state index is 0.0381. The van der Waals surface area contributed by atoms with Gasteiger partial charge in [-0.15, -0.1) is 11.3 Å². The molecule has 2 amide bonds. The first-order valence-electron chi connectivity index (χ1n) is 10.7. The van der Waals surface area contributed by atoms with Crippen LogP contribution in [-0.4, -0.2) is 62.8 Å². The number of benzene rings is 2. The smallest absolute Gasteiger partial charge is 0.253 e. The fraction of sp³-hybridized carbons (Fsp3) is 0.250. The van der Waals surface area contributed by atoms with E-state index in [1.807, 2.05) is 35.7 Å². The molecule has 0 saturated carbocycles. The van der Waals surface area contributed by atoms with Crippen LogP contribution in [0.2, 0.25) is 0 Å². The van der Waals surface area contributed by atoms with Crippen LogP contribution in [0.1, 0.15) is 25.6 Å². The SMILES string of the molecule is O=C(c1ccccc1)N1CCN(C(=O)c2ccc(S(=O)(=O)NCCc3cccs3)cc2)CC1. The summed E-state index contributed by atoms with van der Waals surface area (Å²) >= 11 is 1.59. The van der Waals surface area contributed by atoms with Crippen LogP contribution in [0, 0.1) is 0 Å². The van der Waals surface area contributed by atoms with Gasteiger partial charge in [0.25, 0.3) is 11.8 Å². The molecule has 1 fully saturated rings. The zero-order chi connectivity index (χ0) is 23.3. The fourth-order valence-corrected chi connectivity index (χ4v) is 5.42. The average Bonchev–Trinajstić information content (AvgIpc) is 3.37. The zero-order valence-corrected chi connectivity index (χ0v) is 19.6. The fourth-order valence-electron chi connectivity index (χ4n) is 3.68.